The van der Waals surface area contributed by atoms with Gasteiger partial charge in [0, 0.05) is 23.7 Å². The highest BCUT2D eigenvalue weighted by Crippen LogP contribution is 2.21. The molecule has 0 spiro atoms. The molecule has 1 rings (SSSR count). The Hall–Kier alpha value is -1.83. The first kappa shape index (κ1) is 16.2. The molecule has 0 aromatic heterocycles. The maximum Gasteiger partial charge on any atom is 0.390 e. The van der Waals surface area contributed by atoms with Crippen molar-refractivity contribution in [2.75, 3.05) is 0 Å². The van der Waals surface area contributed by atoms with Crippen LogP contribution in [0.25, 0.3) is 0 Å². The molecule has 0 heterocycles. The van der Waals surface area contributed by atoms with Crippen LogP contribution in [0, 0.1) is 5.82 Å². The van der Waals surface area contributed by atoms with Crippen molar-refractivity contribution in [3.63, 3.8) is 0 Å². The highest BCUT2D eigenvalue weighted by Gasteiger charge is 2.29. The molecule has 1 aromatic rings. The minimum absolute atomic E-state index is 0.0421. The lowest BCUT2D eigenvalue weighted by Gasteiger charge is -2.16. The van der Waals surface area contributed by atoms with E-state index in [1.54, 1.807) is 0 Å². The number of alkyl halides is 3. The van der Waals surface area contributed by atoms with Crippen molar-refractivity contribution in [3.8, 4) is 0 Å². The summed E-state index contributed by atoms with van der Waals surface area (Å²) in [6.07, 6.45) is -5.25. The zero-order chi connectivity index (χ0) is 15.3. The molecule has 0 fully saturated rings. The topological polar surface area (TPSA) is 70.6 Å². The molecule has 1 atom stereocenters. The Morgan fingerprint density at radius 1 is 1.45 bits per heavy atom. The summed E-state index contributed by atoms with van der Waals surface area (Å²) in [5.41, 5.74) is 5.69. The Kier molecular flexibility index (Phi) is 5.32. The minimum Gasteiger partial charge on any atom is -0.409 e. The predicted octanol–water partition coefficient (Wildman–Crippen LogP) is 2.35. The molecular weight excluding hydrogens is 278 g/mol. The Balaban J connectivity index is 2.66. The van der Waals surface area contributed by atoms with Crippen LogP contribution in [-0.2, 0) is 6.54 Å². The molecule has 0 aliphatic rings. The molecule has 0 aliphatic carbocycles. The molecule has 0 saturated carbocycles. The number of nitrogens with two attached hydrogens (primary N) is 1. The van der Waals surface area contributed by atoms with Crippen molar-refractivity contribution in [1.29, 1.82) is 0 Å². The zero-order valence-corrected chi connectivity index (χ0v) is 10.7. The lowest BCUT2D eigenvalue weighted by Crippen LogP contribution is -2.31. The van der Waals surface area contributed by atoms with Gasteiger partial charge < -0.3 is 16.3 Å². The molecule has 4 nitrogen and oxygen atoms in total. The maximum atomic E-state index is 13.7. The van der Waals surface area contributed by atoms with Gasteiger partial charge in [0.05, 0.1) is 6.42 Å². The SMILES string of the molecule is CC(CC(F)(F)F)NCc1ccc(/C(N)=N/O)cc1F. The highest BCUT2D eigenvalue weighted by molar-refractivity contribution is 5.97. The van der Waals surface area contributed by atoms with Crippen molar-refractivity contribution >= 4 is 5.84 Å². The largest absolute Gasteiger partial charge is 0.409 e. The van der Waals surface area contributed by atoms with E-state index in [2.05, 4.69) is 10.5 Å². The number of halogens is 4. The summed E-state index contributed by atoms with van der Waals surface area (Å²) in [7, 11) is 0. The van der Waals surface area contributed by atoms with E-state index >= 15 is 0 Å². The molecule has 0 amide bonds. The summed E-state index contributed by atoms with van der Waals surface area (Å²) < 4.78 is 50.1. The number of hydrogen-bond acceptors (Lipinski definition) is 3. The number of oxime groups is 1. The van der Waals surface area contributed by atoms with Gasteiger partial charge in [-0.2, -0.15) is 13.2 Å². The van der Waals surface area contributed by atoms with Crippen molar-refractivity contribution in [1.82, 2.24) is 5.32 Å². The Bertz CT molecular complexity index is 488. The Labute approximate surface area is 113 Å². The third kappa shape index (κ3) is 5.04. The van der Waals surface area contributed by atoms with Crippen molar-refractivity contribution < 1.29 is 22.8 Å². The quantitative estimate of drug-likeness (QED) is 0.256. The Morgan fingerprint density at radius 2 is 2.10 bits per heavy atom. The lowest BCUT2D eigenvalue weighted by atomic mass is 10.1. The fourth-order valence-electron chi connectivity index (χ4n) is 1.61. The molecule has 0 saturated heterocycles. The fourth-order valence-corrected chi connectivity index (χ4v) is 1.61. The number of nitrogens with zero attached hydrogens (tertiary/aromatic N) is 1. The van der Waals surface area contributed by atoms with Gasteiger partial charge in [0.1, 0.15) is 5.82 Å². The maximum absolute atomic E-state index is 13.7. The molecule has 8 heteroatoms. The lowest BCUT2D eigenvalue weighted by molar-refractivity contribution is -0.139. The van der Waals surface area contributed by atoms with E-state index < -0.39 is 24.5 Å². The second-order valence-electron chi connectivity index (χ2n) is 4.39. The molecule has 20 heavy (non-hydrogen) atoms. The molecule has 0 radical (unpaired) electrons. The number of amidine groups is 1. The molecule has 4 N–H and O–H groups in total. The van der Waals surface area contributed by atoms with E-state index in [1.165, 1.54) is 19.1 Å². The smallest absolute Gasteiger partial charge is 0.390 e. The van der Waals surface area contributed by atoms with Gasteiger partial charge in [-0.05, 0) is 13.0 Å². The van der Waals surface area contributed by atoms with Crippen LogP contribution in [0.4, 0.5) is 17.6 Å². The van der Waals surface area contributed by atoms with Gasteiger partial charge in [0.15, 0.2) is 5.84 Å². The van der Waals surface area contributed by atoms with E-state index in [9.17, 15) is 17.6 Å². The second-order valence-corrected chi connectivity index (χ2v) is 4.39. The van der Waals surface area contributed by atoms with E-state index in [1.807, 2.05) is 0 Å². The van der Waals surface area contributed by atoms with Crippen molar-refractivity contribution in [2.45, 2.75) is 32.1 Å². The highest BCUT2D eigenvalue weighted by atomic mass is 19.4. The van der Waals surface area contributed by atoms with Gasteiger partial charge in [0.25, 0.3) is 0 Å². The molecule has 1 unspecified atom stereocenters. The fraction of sp³-hybridized carbons (Fsp3) is 0.417. The molecular formula is C12H15F4N3O. The van der Waals surface area contributed by atoms with Crippen LogP contribution in [0.2, 0.25) is 0 Å². The predicted molar refractivity (Wildman–Crippen MR) is 65.9 cm³/mol. The van der Waals surface area contributed by atoms with Gasteiger partial charge in [-0.1, -0.05) is 17.3 Å². The van der Waals surface area contributed by atoms with Crippen LogP contribution >= 0.6 is 0 Å². The second kappa shape index (κ2) is 6.56. The summed E-state index contributed by atoms with van der Waals surface area (Å²) in [6, 6.07) is 3.03. The van der Waals surface area contributed by atoms with E-state index in [-0.39, 0.29) is 23.5 Å². The van der Waals surface area contributed by atoms with E-state index in [0.29, 0.717) is 0 Å². The van der Waals surface area contributed by atoms with Crippen LogP contribution < -0.4 is 11.1 Å². The number of benzene rings is 1. The van der Waals surface area contributed by atoms with Gasteiger partial charge >= 0.3 is 6.18 Å². The first-order valence-electron chi connectivity index (χ1n) is 5.79. The number of hydrogen-bond donors (Lipinski definition) is 3. The summed E-state index contributed by atoms with van der Waals surface area (Å²) >= 11 is 0. The van der Waals surface area contributed by atoms with Crippen molar-refractivity contribution in [3.05, 3.63) is 35.1 Å². The molecule has 0 aliphatic heterocycles. The average molecular weight is 293 g/mol. The van der Waals surface area contributed by atoms with Crippen LogP contribution in [0.3, 0.4) is 0 Å². The van der Waals surface area contributed by atoms with Gasteiger partial charge in [0.2, 0.25) is 0 Å². The van der Waals surface area contributed by atoms with Gasteiger partial charge in [-0.25, -0.2) is 4.39 Å². The third-order valence-electron chi connectivity index (χ3n) is 2.64. The third-order valence-corrected chi connectivity index (χ3v) is 2.64. The van der Waals surface area contributed by atoms with Gasteiger partial charge in [-0.3, -0.25) is 0 Å². The van der Waals surface area contributed by atoms with Crippen LogP contribution in [0.15, 0.2) is 23.4 Å². The molecule has 0 bridgehead atoms. The van der Waals surface area contributed by atoms with Gasteiger partial charge in [-0.15, -0.1) is 0 Å². The summed E-state index contributed by atoms with van der Waals surface area (Å²) in [5.74, 6) is -0.880. The number of rotatable bonds is 5. The Morgan fingerprint density at radius 3 is 2.60 bits per heavy atom. The van der Waals surface area contributed by atoms with E-state index in [4.69, 9.17) is 10.9 Å². The number of nitrogens with one attached hydrogen (secondary N) is 1. The van der Waals surface area contributed by atoms with Crippen molar-refractivity contribution in [2.24, 2.45) is 10.9 Å². The standard InChI is InChI=1S/C12H15F4N3O/c1-7(5-12(14,15)16)18-6-9-3-2-8(4-10(9)13)11(17)19-20/h2-4,7,18,20H,5-6H2,1H3,(H2,17,19). The van der Waals surface area contributed by atoms with Crippen LogP contribution in [0.5, 0.6) is 0 Å². The van der Waals surface area contributed by atoms with Crippen LogP contribution in [-0.4, -0.2) is 23.3 Å². The molecule has 1 aromatic carbocycles. The monoisotopic (exact) mass is 293 g/mol. The average Bonchev–Trinajstić information content (AvgIpc) is 2.34. The molecule has 112 valence electrons. The summed E-state index contributed by atoms with van der Waals surface area (Å²) in [6.45, 7) is 1.33. The first-order valence-corrected chi connectivity index (χ1v) is 5.79. The summed E-state index contributed by atoms with van der Waals surface area (Å²) in [4.78, 5) is 0. The van der Waals surface area contributed by atoms with E-state index in [0.717, 1.165) is 6.07 Å². The zero-order valence-electron chi connectivity index (χ0n) is 10.7. The first-order chi connectivity index (χ1) is 9.23. The minimum atomic E-state index is -4.26. The van der Waals surface area contributed by atoms with Crippen LogP contribution in [0.1, 0.15) is 24.5 Å². The normalized spacial score (nSPS) is 14.3. The summed E-state index contributed by atoms with van der Waals surface area (Å²) in [5, 5.41) is 13.8.